The van der Waals surface area contributed by atoms with Gasteiger partial charge in [-0.05, 0) is 60.7 Å². The lowest BCUT2D eigenvalue weighted by molar-refractivity contribution is -0.137. The van der Waals surface area contributed by atoms with Crippen LogP contribution in [0.5, 0.6) is 11.5 Å². The van der Waals surface area contributed by atoms with E-state index in [4.69, 9.17) is 9.47 Å². The number of rotatable bonds is 6. The Labute approximate surface area is 164 Å². The summed E-state index contributed by atoms with van der Waals surface area (Å²) in [6.07, 6.45) is -4.43. The van der Waals surface area contributed by atoms with Gasteiger partial charge in [0, 0.05) is 9.79 Å². The largest absolute Gasteiger partial charge is 0.482 e. The highest BCUT2D eigenvalue weighted by Gasteiger charge is 2.30. The Morgan fingerprint density at radius 2 is 1.36 bits per heavy atom. The van der Waals surface area contributed by atoms with Crippen LogP contribution >= 0.6 is 11.8 Å². The van der Waals surface area contributed by atoms with Crippen molar-refractivity contribution in [1.29, 1.82) is 0 Å². The molecule has 0 atom stereocenters. The number of alkyl halides is 3. The van der Waals surface area contributed by atoms with Crippen LogP contribution < -0.4 is 9.47 Å². The molecule has 0 aliphatic rings. The van der Waals surface area contributed by atoms with E-state index in [-0.39, 0.29) is 12.4 Å². The Morgan fingerprint density at radius 1 is 0.786 bits per heavy atom. The van der Waals surface area contributed by atoms with Gasteiger partial charge in [-0.1, -0.05) is 30.0 Å². The summed E-state index contributed by atoms with van der Waals surface area (Å²) >= 11 is 1.60. The summed E-state index contributed by atoms with van der Waals surface area (Å²) in [6.45, 7) is -0.355. The van der Waals surface area contributed by atoms with Crippen LogP contribution in [-0.2, 0) is 11.0 Å². The highest BCUT2D eigenvalue weighted by molar-refractivity contribution is 7.99. The van der Waals surface area contributed by atoms with Crippen LogP contribution in [0.2, 0.25) is 0 Å². The Bertz CT molecular complexity index is 908. The molecule has 0 unspecified atom stereocenters. The Hall–Kier alpha value is -2.93. The van der Waals surface area contributed by atoms with Gasteiger partial charge in [-0.15, -0.1) is 0 Å². The van der Waals surface area contributed by atoms with Gasteiger partial charge in [0.1, 0.15) is 11.5 Å². The van der Waals surface area contributed by atoms with E-state index in [1.165, 1.54) is 0 Å². The summed E-state index contributed by atoms with van der Waals surface area (Å²) in [5, 5.41) is 0. The number of benzene rings is 3. The van der Waals surface area contributed by atoms with Gasteiger partial charge in [0.2, 0.25) is 0 Å². The third-order valence-electron chi connectivity index (χ3n) is 3.57. The molecule has 0 aromatic heterocycles. The normalized spacial score (nSPS) is 11.1. The number of ether oxygens (including phenoxy) is 2. The number of hydrogen-bond donors (Lipinski definition) is 0. The maximum atomic E-state index is 12.5. The molecule has 0 spiro atoms. The summed E-state index contributed by atoms with van der Waals surface area (Å²) < 4.78 is 47.9. The fraction of sp³-hybridized carbons (Fsp3) is 0.0952. The minimum atomic E-state index is -4.43. The fourth-order valence-electron chi connectivity index (χ4n) is 2.24. The zero-order valence-electron chi connectivity index (χ0n) is 14.5. The molecular formula is C21H15F3O3S. The summed E-state index contributed by atoms with van der Waals surface area (Å²) in [5.74, 6) is -0.194. The predicted octanol–water partition coefficient (Wildman–Crippen LogP) is 5.84. The van der Waals surface area contributed by atoms with Crippen LogP contribution in [0.4, 0.5) is 13.2 Å². The topological polar surface area (TPSA) is 35.5 Å². The molecule has 0 bridgehead atoms. The zero-order chi connectivity index (χ0) is 20.0. The van der Waals surface area contributed by atoms with E-state index in [0.29, 0.717) is 5.75 Å². The quantitative estimate of drug-likeness (QED) is 0.382. The van der Waals surface area contributed by atoms with Crippen LogP contribution in [0.25, 0.3) is 0 Å². The maximum Gasteiger partial charge on any atom is 0.416 e. The van der Waals surface area contributed by atoms with E-state index in [9.17, 15) is 18.0 Å². The number of halogens is 3. The number of hydrogen-bond acceptors (Lipinski definition) is 4. The van der Waals surface area contributed by atoms with Crippen molar-refractivity contribution < 1.29 is 27.4 Å². The van der Waals surface area contributed by atoms with Gasteiger partial charge in [-0.25, -0.2) is 4.79 Å². The van der Waals surface area contributed by atoms with Crippen molar-refractivity contribution in [3.8, 4) is 11.5 Å². The van der Waals surface area contributed by atoms with Crippen LogP contribution in [-0.4, -0.2) is 12.6 Å². The number of esters is 1. The smallest absolute Gasteiger partial charge is 0.416 e. The van der Waals surface area contributed by atoms with Gasteiger partial charge >= 0.3 is 12.1 Å². The molecule has 0 radical (unpaired) electrons. The lowest BCUT2D eigenvalue weighted by atomic mass is 10.2. The molecule has 3 nitrogen and oxygen atoms in total. The third-order valence-corrected chi connectivity index (χ3v) is 4.59. The van der Waals surface area contributed by atoms with Crippen molar-refractivity contribution in [2.75, 3.05) is 6.61 Å². The average Bonchev–Trinajstić information content (AvgIpc) is 2.68. The van der Waals surface area contributed by atoms with Crippen molar-refractivity contribution in [2.24, 2.45) is 0 Å². The van der Waals surface area contributed by atoms with E-state index in [0.717, 1.165) is 34.1 Å². The van der Waals surface area contributed by atoms with Crippen LogP contribution in [0.3, 0.4) is 0 Å². The summed E-state index contributed by atoms with van der Waals surface area (Å²) in [4.78, 5) is 13.9. The van der Waals surface area contributed by atoms with Crippen molar-refractivity contribution in [3.63, 3.8) is 0 Å². The van der Waals surface area contributed by atoms with Gasteiger partial charge in [0.25, 0.3) is 0 Å². The van der Waals surface area contributed by atoms with Gasteiger partial charge in [-0.3, -0.25) is 0 Å². The van der Waals surface area contributed by atoms with Crippen molar-refractivity contribution in [2.45, 2.75) is 16.0 Å². The first-order valence-electron chi connectivity index (χ1n) is 8.24. The monoisotopic (exact) mass is 404 g/mol. The molecule has 0 N–H and O–H groups in total. The van der Waals surface area contributed by atoms with Crippen molar-refractivity contribution >= 4 is 17.7 Å². The molecule has 144 valence electrons. The molecule has 0 heterocycles. The van der Waals surface area contributed by atoms with E-state index < -0.39 is 17.7 Å². The number of carbonyl (C=O) groups excluding carboxylic acids is 1. The van der Waals surface area contributed by atoms with Gasteiger partial charge < -0.3 is 9.47 Å². The molecule has 0 fully saturated rings. The van der Waals surface area contributed by atoms with Gasteiger partial charge in [0.15, 0.2) is 6.61 Å². The summed E-state index contributed by atoms with van der Waals surface area (Å²) in [7, 11) is 0. The SMILES string of the molecule is O=C(COc1ccc(Sc2ccccc2)cc1)Oc1ccc(C(F)(F)F)cc1. The van der Waals surface area contributed by atoms with Crippen LogP contribution in [0.1, 0.15) is 5.56 Å². The Balaban J connectivity index is 1.49. The molecular weight excluding hydrogens is 389 g/mol. The minimum absolute atomic E-state index is 0.0243. The number of carbonyl (C=O) groups is 1. The second kappa shape index (κ2) is 8.84. The molecule has 3 aromatic carbocycles. The molecule has 0 saturated heterocycles. The molecule has 28 heavy (non-hydrogen) atoms. The molecule has 0 aliphatic carbocycles. The Kier molecular flexibility index (Phi) is 6.26. The lowest BCUT2D eigenvalue weighted by Crippen LogP contribution is -2.17. The lowest BCUT2D eigenvalue weighted by Gasteiger charge is -2.09. The van der Waals surface area contributed by atoms with Gasteiger partial charge in [-0.2, -0.15) is 13.2 Å². The molecule has 3 aromatic rings. The van der Waals surface area contributed by atoms with Crippen molar-refractivity contribution in [3.05, 3.63) is 84.4 Å². The molecule has 0 amide bonds. The first kappa shape index (κ1) is 19.8. The second-order valence-electron chi connectivity index (χ2n) is 5.67. The second-order valence-corrected chi connectivity index (χ2v) is 6.82. The van der Waals surface area contributed by atoms with E-state index in [2.05, 4.69) is 0 Å². The zero-order valence-corrected chi connectivity index (χ0v) is 15.3. The van der Waals surface area contributed by atoms with Crippen LogP contribution in [0.15, 0.2) is 88.7 Å². The highest BCUT2D eigenvalue weighted by Crippen LogP contribution is 2.30. The summed E-state index contributed by atoms with van der Waals surface area (Å²) in [6, 6.07) is 21.0. The average molecular weight is 404 g/mol. The maximum absolute atomic E-state index is 12.5. The van der Waals surface area contributed by atoms with Crippen molar-refractivity contribution in [1.82, 2.24) is 0 Å². The van der Waals surface area contributed by atoms with E-state index in [1.54, 1.807) is 23.9 Å². The predicted molar refractivity (Wildman–Crippen MR) is 99.6 cm³/mol. The van der Waals surface area contributed by atoms with E-state index >= 15 is 0 Å². The summed E-state index contributed by atoms with van der Waals surface area (Å²) in [5.41, 5.74) is -0.808. The Morgan fingerprint density at radius 3 is 1.96 bits per heavy atom. The molecule has 0 saturated carbocycles. The van der Waals surface area contributed by atoms with E-state index in [1.807, 2.05) is 42.5 Å². The molecule has 0 aliphatic heterocycles. The fourth-order valence-corrected chi connectivity index (χ4v) is 3.08. The molecule has 7 heteroatoms. The van der Waals surface area contributed by atoms with Gasteiger partial charge in [0.05, 0.1) is 5.56 Å². The highest BCUT2D eigenvalue weighted by atomic mass is 32.2. The first-order chi connectivity index (χ1) is 13.4. The van der Waals surface area contributed by atoms with Crippen LogP contribution in [0, 0.1) is 0 Å². The minimum Gasteiger partial charge on any atom is -0.482 e. The third kappa shape index (κ3) is 5.79. The first-order valence-corrected chi connectivity index (χ1v) is 9.05. The molecule has 3 rings (SSSR count). The standard InChI is InChI=1S/C21H15F3O3S/c22-21(23,24)15-6-8-17(9-7-15)27-20(25)14-26-16-10-12-19(13-11-16)28-18-4-2-1-3-5-18/h1-13H,14H2.